The first-order valence-electron chi connectivity index (χ1n) is 14.6. The SMILES string of the molecule is C1=CC(c2cc(-c3ccc4ccccc4c3)nc(-c3ccc4ccccc4c3)n2)C=CC(c2cnc3ccccc3c2)=C1. The van der Waals surface area contributed by atoms with Gasteiger partial charge >= 0.3 is 0 Å². The van der Waals surface area contributed by atoms with E-state index in [-0.39, 0.29) is 5.92 Å². The molecule has 1 aliphatic rings. The van der Waals surface area contributed by atoms with E-state index >= 15 is 0 Å². The van der Waals surface area contributed by atoms with Crippen LogP contribution in [0.3, 0.4) is 0 Å². The van der Waals surface area contributed by atoms with Crippen molar-refractivity contribution in [1.29, 1.82) is 0 Å². The average Bonchev–Trinajstić information content (AvgIpc) is 3.34. The van der Waals surface area contributed by atoms with Crippen molar-refractivity contribution < 1.29 is 0 Å². The third-order valence-corrected chi connectivity index (χ3v) is 8.14. The first-order chi connectivity index (χ1) is 21.3. The number of fused-ring (bicyclic) bond motifs is 3. The van der Waals surface area contributed by atoms with Gasteiger partial charge in [-0.15, -0.1) is 0 Å². The maximum absolute atomic E-state index is 5.15. The summed E-state index contributed by atoms with van der Waals surface area (Å²) < 4.78 is 0. The number of benzene rings is 5. The van der Waals surface area contributed by atoms with Crippen molar-refractivity contribution in [2.24, 2.45) is 0 Å². The van der Waals surface area contributed by atoms with Gasteiger partial charge in [0, 0.05) is 34.2 Å². The molecule has 0 bridgehead atoms. The van der Waals surface area contributed by atoms with Gasteiger partial charge in [0.1, 0.15) is 0 Å². The highest BCUT2D eigenvalue weighted by Gasteiger charge is 2.16. The quantitative estimate of drug-likeness (QED) is 0.219. The molecule has 0 radical (unpaired) electrons. The molecular formula is C40H27N3. The van der Waals surface area contributed by atoms with Crippen LogP contribution in [0.15, 0.2) is 158 Å². The molecule has 0 fully saturated rings. The van der Waals surface area contributed by atoms with Crippen LogP contribution < -0.4 is 0 Å². The second kappa shape index (κ2) is 10.6. The second-order valence-electron chi connectivity index (χ2n) is 10.9. The highest BCUT2D eigenvalue weighted by atomic mass is 14.9. The summed E-state index contributed by atoms with van der Waals surface area (Å²) in [6.45, 7) is 0. The molecule has 8 rings (SSSR count). The van der Waals surface area contributed by atoms with Gasteiger partial charge in [-0.1, -0.05) is 121 Å². The molecule has 0 spiro atoms. The lowest BCUT2D eigenvalue weighted by molar-refractivity contribution is 0.974. The van der Waals surface area contributed by atoms with Gasteiger partial charge in [0.25, 0.3) is 0 Å². The predicted octanol–water partition coefficient (Wildman–Crippen LogP) is 9.96. The summed E-state index contributed by atoms with van der Waals surface area (Å²) in [5, 5.41) is 5.92. The summed E-state index contributed by atoms with van der Waals surface area (Å²) in [6, 6.07) is 42.4. The monoisotopic (exact) mass is 549 g/mol. The Morgan fingerprint density at radius 1 is 0.512 bits per heavy atom. The number of rotatable bonds is 4. The Balaban J connectivity index is 1.22. The number of aromatic nitrogens is 3. The lowest BCUT2D eigenvalue weighted by Gasteiger charge is -2.13. The fourth-order valence-corrected chi connectivity index (χ4v) is 5.82. The van der Waals surface area contributed by atoms with Crippen LogP contribution in [0, 0.1) is 0 Å². The zero-order chi connectivity index (χ0) is 28.6. The van der Waals surface area contributed by atoms with E-state index in [9.17, 15) is 0 Å². The van der Waals surface area contributed by atoms with Crippen LogP contribution in [-0.2, 0) is 0 Å². The fraction of sp³-hybridized carbons (Fsp3) is 0.0250. The van der Waals surface area contributed by atoms with Gasteiger partial charge in [0.15, 0.2) is 5.82 Å². The zero-order valence-corrected chi connectivity index (χ0v) is 23.4. The standard InChI is InChI=1S/C40H27N3/c1-3-10-31-22-34(20-17-27(31)8-1)39-25-38(42-40(43-39)35-21-18-28-9-2-4-11-32(28)23-35)30-14-7-13-29(16-19-30)36-24-33-12-5-6-15-37(33)41-26-36/h1-26,30H. The van der Waals surface area contributed by atoms with Crippen molar-refractivity contribution in [2.45, 2.75) is 5.92 Å². The van der Waals surface area contributed by atoms with Gasteiger partial charge in [0.2, 0.25) is 0 Å². The van der Waals surface area contributed by atoms with Crippen molar-refractivity contribution in [2.75, 3.05) is 0 Å². The molecule has 1 aliphatic carbocycles. The van der Waals surface area contributed by atoms with Crippen molar-refractivity contribution in [1.82, 2.24) is 15.0 Å². The van der Waals surface area contributed by atoms with Crippen molar-refractivity contribution >= 4 is 38.0 Å². The number of nitrogens with zero attached hydrogens (tertiary/aromatic N) is 3. The number of pyridine rings is 1. The molecule has 0 N–H and O–H groups in total. The van der Waals surface area contributed by atoms with E-state index in [1.807, 2.05) is 18.3 Å². The van der Waals surface area contributed by atoms with Gasteiger partial charge in [-0.25, -0.2) is 9.97 Å². The van der Waals surface area contributed by atoms with Crippen LogP contribution in [0.5, 0.6) is 0 Å². The molecule has 1 atom stereocenters. The highest BCUT2D eigenvalue weighted by molar-refractivity contribution is 5.89. The topological polar surface area (TPSA) is 38.7 Å². The summed E-state index contributed by atoms with van der Waals surface area (Å²) in [7, 11) is 0. The van der Waals surface area contributed by atoms with Crippen LogP contribution >= 0.6 is 0 Å². The average molecular weight is 550 g/mol. The zero-order valence-electron chi connectivity index (χ0n) is 23.4. The molecule has 3 heteroatoms. The van der Waals surface area contributed by atoms with E-state index in [0.29, 0.717) is 0 Å². The Kier molecular flexibility index (Phi) is 6.20. The van der Waals surface area contributed by atoms with Crippen LogP contribution in [0.1, 0.15) is 17.2 Å². The Labute approximate surface area is 250 Å². The normalized spacial score (nSPS) is 14.7. The van der Waals surface area contributed by atoms with E-state index in [0.717, 1.165) is 50.4 Å². The number of hydrogen-bond donors (Lipinski definition) is 0. The Morgan fingerprint density at radius 3 is 1.95 bits per heavy atom. The Bertz CT molecular complexity index is 2160. The molecule has 202 valence electrons. The van der Waals surface area contributed by atoms with Crippen LogP contribution in [0.25, 0.3) is 60.7 Å². The first kappa shape index (κ1) is 25.1. The molecule has 2 aromatic heterocycles. The van der Waals surface area contributed by atoms with E-state index in [4.69, 9.17) is 9.97 Å². The Morgan fingerprint density at radius 2 is 1.16 bits per heavy atom. The molecule has 0 saturated carbocycles. The summed E-state index contributed by atoms with van der Waals surface area (Å²) in [6.07, 6.45) is 12.8. The van der Waals surface area contributed by atoms with Gasteiger partial charge < -0.3 is 0 Å². The third-order valence-electron chi connectivity index (χ3n) is 8.14. The smallest absolute Gasteiger partial charge is 0.160 e. The van der Waals surface area contributed by atoms with Crippen LogP contribution in [-0.4, -0.2) is 15.0 Å². The van der Waals surface area contributed by atoms with E-state index in [1.54, 1.807) is 0 Å². The minimum Gasteiger partial charge on any atom is -0.256 e. The molecule has 1 unspecified atom stereocenters. The Hall–Kier alpha value is -5.67. The van der Waals surface area contributed by atoms with Crippen molar-refractivity contribution in [3.8, 4) is 22.6 Å². The molecule has 3 nitrogen and oxygen atoms in total. The minimum absolute atomic E-state index is 0.0106. The van der Waals surface area contributed by atoms with E-state index in [2.05, 4.69) is 145 Å². The van der Waals surface area contributed by atoms with Gasteiger partial charge in [-0.05, 0) is 57.4 Å². The van der Waals surface area contributed by atoms with Gasteiger partial charge in [0.05, 0.1) is 16.9 Å². The number of allylic oxidation sites excluding steroid dienone is 6. The van der Waals surface area contributed by atoms with Crippen LogP contribution in [0.2, 0.25) is 0 Å². The lowest BCUT2D eigenvalue weighted by atomic mass is 9.99. The van der Waals surface area contributed by atoms with E-state index in [1.165, 1.54) is 21.5 Å². The third kappa shape index (κ3) is 4.92. The van der Waals surface area contributed by atoms with Gasteiger partial charge in [-0.3, -0.25) is 4.98 Å². The molecular weight excluding hydrogens is 522 g/mol. The van der Waals surface area contributed by atoms with E-state index < -0.39 is 0 Å². The van der Waals surface area contributed by atoms with Gasteiger partial charge in [-0.2, -0.15) is 0 Å². The molecule has 0 amide bonds. The highest BCUT2D eigenvalue weighted by Crippen LogP contribution is 2.32. The summed E-state index contributed by atoms with van der Waals surface area (Å²) in [4.78, 5) is 14.9. The summed E-state index contributed by atoms with van der Waals surface area (Å²) in [5.41, 5.74) is 7.17. The number of para-hydroxylation sites is 1. The second-order valence-corrected chi connectivity index (χ2v) is 10.9. The van der Waals surface area contributed by atoms with Crippen molar-refractivity contribution in [3.05, 3.63) is 169 Å². The fourth-order valence-electron chi connectivity index (χ4n) is 5.82. The molecule has 5 aromatic carbocycles. The lowest BCUT2D eigenvalue weighted by Crippen LogP contribution is -2.01. The molecule has 2 heterocycles. The first-order valence-corrected chi connectivity index (χ1v) is 14.6. The maximum Gasteiger partial charge on any atom is 0.160 e. The van der Waals surface area contributed by atoms with Crippen molar-refractivity contribution in [3.63, 3.8) is 0 Å². The number of hydrogen-bond acceptors (Lipinski definition) is 3. The minimum atomic E-state index is -0.0106. The van der Waals surface area contributed by atoms with Crippen LogP contribution in [0.4, 0.5) is 0 Å². The molecule has 7 aromatic rings. The molecule has 43 heavy (non-hydrogen) atoms. The largest absolute Gasteiger partial charge is 0.256 e. The predicted molar refractivity (Wildman–Crippen MR) is 179 cm³/mol. The molecule has 0 aliphatic heterocycles. The summed E-state index contributed by atoms with van der Waals surface area (Å²) in [5.74, 6) is 0.716. The molecule has 0 saturated heterocycles. The maximum atomic E-state index is 5.15. The summed E-state index contributed by atoms with van der Waals surface area (Å²) >= 11 is 0.